The molecule has 6 heteroatoms. The molecule has 0 aliphatic carbocycles. The molecule has 0 radical (unpaired) electrons. The lowest BCUT2D eigenvalue weighted by Crippen LogP contribution is -2.14. The Hall–Kier alpha value is -1.62. The first kappa shape index (κ1) is 14.8. The van der Waals surface area contributed by atoms with Crippen molar-refractivity contribution in [3.05, 3.63) is 34.8 Å². The Balaban J connectivity index is 2.27. The fourth-order valence-corrected chi connectivity index (χ4v) is 2.19. The maximum absolute atomic E-state index is 6.19. The molecule has 0 spiro atoms. The maximum atomic E-state index is 6.19. The van der Waals surface area contributed by atoms with E-state index < -0.39 is 0 Å². The molecule has 0 amide bonds. The summed E-state index contributed by atoms with van der Waals surface area (Å²) in [5.41, 5.74) is 0.872. The molecule has 0 aliphatic heterocycles. The van der Waals surface area contributed by atoms with Gasteiger partial charge in [-0.1, -0.05) is 25.4 Å². The minimum absolute atomic E-state index is 0.0872. The summed E-state index contributed by atoms with van der Waals surface area (Å²) in [6.07, 6.45) is 6.29. The average molecular weight is 294 g/mol. The van der Waals surface area contributed by atoms with Gasteiger partial charge in [-0.05, 0) is 19.8 Å². The van der Waals surface area contributed by atoms with Gasteiger partial charge in [0.05, 0.1) is 6.04 Å². The number of imidazole rings is 1. The van der Waals surface area contributed by atoms with Crippen LogP contribution in [0.4, 0.5) is 5.82 Å². The summed E-state index contributed by atoms with van der Waals surface area (Å²) in [5.74, 6) is 2.47. The molecule has 1 unspecified atom stereocenters. The van der Waals surface area contributed by atoms with Crippen LogP contribution < -0.4 is 5.32 Å². The molecule has 0 aromatic carbocycles. The predicted octanol–water partition coefficient (Wildman–Crippen LogP) is 3.68. The van der Waals surface area contributed by atoms with Crippen LogP contribution in [0.25, 0.3) is 0 Å². The molecule has 0 aliphatic rings. The van der Waals surface area contributed by atoms with Gasteiger partial charge in [0.2, 0.25) is 0 Å². The number of nitrogens with one attached hydrogen (secondary N) is 2. The van der Waals surface area contributed by atoms with Crippen molar-refractivity contribution in [3.63, 3.8) is 0 Å². The van der Waals surface area contributed by atoms with E-state index in [0.717, 1.165) is 42.3 Å². The van der Waals surface area contributed by atoms with Gasteiger partial charge in [0.1, 0.15) is 22.6 Å². The first-order valence-electron chi connectivity index (χ1n) is 6.94. The average Bonchev–Trinajstić information content (AvgIpc) is 2.95. The monoisotopic (exact) mass is 293 g/mol. The lowest BCUT2D eigenvalue weighted by Gasteiger charge is -2.18. The van der Waals surface area contributed by atoms with Gasteiger partial charge in [-0.25, -0.2) is 15.0 Å². The Labute approximate surface area is 124 Å². The van der Waals surface area contributed by atoms with E-state index >= 15 is 0 Å². The number of aryl methyl sites for hydroxylation is 1. The number of anilines is 1. The van der Waals surface area contributed by atoms with E-state index in [4.69, 9.17) is 11.6 Å². The Morgan fingerprint density at radius 2 is 2.15 bits per heavy atom. The van der Waals surface area contributed by atoms with E-state index in [-0.39, 0.29) is 6.04 Å². The third-order valence-corrected chi connectivity index (χ3v) is 3.54. The SMILES string of the molecule is CCCc1nc(Cl)c(C)c(NC(CC)c2ncc[nH]2)n1. The van der Waals surface area contributed by atoms with Crippen molar-refractivity contribution in [1.29, 1.82) is 0 Å². The first-order chi connectivity index (χ1) is 9.65. The van der Waals surface area contributed by atoms with Crippen LogP contribution >= 0.6 is 11.6 Å². The van der Waals surface area contributed by atoms with Crippen LogP contribution in [0.15, 0.2) is 12.4 Å². The summed E-state index contributed by atoms with van der Waals surface area (Å²) in [6.45, 7) is 6.13. The molecule has 2 heterocycles. The Morgan fingerprint density at radius 3 is 2.75 bits per heavy atom. The van der Waals surface area contributed by atoms with Crippen molar-refractivity contribution in [3.8, 4) is 0 Å². The van der Waals surface area contributed by atoms with Crippen molar-refractivity contribution in [1.82, 2.24) is 19.9 Å². The van der Waals surface area contributed by atoms with Gasteiger partial charge in [0.25, 0.3) is 0 Å². The van der Waals surface area contributed by atoms with Crippen LogP contribution in [0, 0.1) is 6.92 Å². The minimum atomic E-state index is 0.0872. The highest BCUT2D eigenvalue weighted by Gasteiger charge is 2.16. The largest absolute Gasteiger partial charge is 0.360 e. The zero-order chi connectivity index (χ0) is 14.5. The van der Waals surface area contributed by atoms with Crippen molar-refractivity contribution in [2.75, 3.05) is 5.32 Å². The molecule has 2 aromatic heterocycles. The van der Waals surface area contributed by atoms with Crippen LogP contribution in [0.2, 0.25) is 5.15 Å². The van der Waals surface area contributed by atoms with Crippen LogP contribution in [0.5, 0.6) is 0 Å². The number of nitrogens with zero attached hydrogens (tertiary/aromatic N) is 3. The van der Waals surface area contributed by atoms with Crippen molar-refractivity contribution in [2.45, 2.75) is 46.1 Å². The lowest BCUT2D eigenvalue weighted by atomic mass is 10.2. The van der Waals surface area contributed by atoms with Crippen LogP contribution in [0.1, 0.15) is 49.9 Å². The van der Waals surface area contributed by atoms with Crippen LogP contribution in [-0.2, 0) is 6.42 Å². The number of hydrogen-bond acceptors (Lipinski definition) is 4. The van der Waals surface area contributed by atoms with Crippen molar-refractivity contribution < 1.29 is 0 Å². The van der Waals surface area contributed by atoms with Crippen LogP contribution in [-0.4, -0.2) is 19.9 Å². The quantitative estimate of drug-likeness (QED) is 0.797. The summed E-state index contributed by atoms with van der Waals surface area (Å²) >= 11 is 6.19. The third-order valence-electron chi connectivity index (χ3n) is 3.17. The smallest absolute Gasteiger partial charge is 0.137 e. The molecule has 2 rings (SSSR count). The van der Waals surface area contributed by atoms with Gasteiger partial charge in [-0.3, -0.25) is 0 Å². The molecule has 2 N–H and O–H groups in total. The summed E-state index contributed by atoms with van der Waals surface area (Å²) in [5, 5.41) is 3.92. The van der Waals surface area contributed by atoms with E-state index in [2.05, 4.69) is 39.1 Å². The van der Waals surface area contributed by atoms with Gasteiger partial charge in [0.15, 0.2) is 0 Å². The molecule has 2 aromatic rings. The Morgan fingerprint density at radius 1 is 1.35 bits per heavy atom. The second-order valence-corrected chi connectivity index (χ2v) is 5.09. The Bertz CT molecular complexity index is 553. The molecular weight excluding hydrogens is 274 g/mol. The van der Waals surface area contributed by atoms with Crippen LogP contribution in [0.3, 0.4) is 0 Å². The Kier molecular flexibility index (Phi) is 4.95. The van der Waals surface area contributed by atoms with Gasteiger partial charge in [-0.2, -0.15) is 0 Å². The topological polar surface area (TPSA) is 66.5 Å². The molecule has 0 bridgehead atoms. The number of halogens is 1. The molecule has 108 valence electrons. The molecule has 0 fully saturated rings. The van der Waals surface area contributed by atoms with Gasteiger partial charge < -0.3 is 10.3 Å². The van der Waals surface area contributed by atoms with Gasteiger partial charge >= 0.3 is 0 Å². The van der Waals surface area contributed by atoms with E-state index in [1.165, 1.54) is 0 Å². The molecular formula is C14H20ClN5. The van der Waals surface area contributed by atoms with E-state index in [9.17, 15) is 0 Å². The molecule has 1 atom stereocenters. The molecule has 5 nitrogen and oxygen atoms in total. The van der Waals surface area contributed by atoms with Crippen molar-refractivity contribution >= 4 is 17.4 Å². The summed E-state index contributed by atoms with van der Waals surface area (Å²) in [4.78, 5) is 16.3. The zero-order valence-electron chi connectivity index (χ0n) is 12.1. The lowest BCUT2D eigenvalue weighted by molar-refractivity contribution is 0.696. The fourth-order valence-electron chi connectivity index (χ4n) is 2.01. The highest BCUT2D eigenvalue weighted by atomic mass is 35.5. The van der Waals surface area contributed by atoms with Gasteiger partial charge in [-0.15, -0.1) is 0 Å². The zero-order valence-corrected chi connectivity index (χ0v) is 12.8. The summed E-state index contributed by atoms with van der Waals surface area (Å²) < 4.78 is 0. The number of hydrogen-bond donors (Lipinski definition) is 2. The predicted molar refractivity (Wildman–Crippen MR) is 81.0 cm³/mol. The highest BCUT2D eigenvalue weighted by molar-refractivity contribution is 6.30. The number of rotatable bonds is 6. The normalized spacial score (nSPS) is 12.4. The molecule has 0 saturated carbocycles. The number of aromatic nitrogens is 4. The summed E-state index contributed by atoms with van der Waals surface area (Å²) in [6, 6.07) is 0.0872. The second-order valence-electron chi connectivity index (χ2n) is 4.73. The standard InChI is InChI=1S/C14H20ClN5/c1-4-6-11-19-12(15)9(3)13(20-11)18-10(5-2)14-16-7-8-17-14/h7-8,10H,4-6H2,1-3H3,(H,16,17)(H,18,19,20). The van der Waals surface area contributed by atoms with E-state index in [0.29, 0.717) is 5.15 Å². The maximum Gasteiger partial charge on any atom is 0.137 e. The first-order valence-corrected chi connectivity index (χ1v) is 7.32. The fraction of sp³-hybridized carbons (Fsp3) is 0.500. The van der Waals surface area contributed by atoms with Crippen molar-refractivity contribution in [2.24, 2.45) is 0 Å². The van der Waals surface area contributed by atoms with Gasteiger partial charge in [0, 0.05) is 24.4 Å². The molecule has 20 heavy (non-hydrogen) atoms. The number of H-pyrrole nitrogens is 1. The number of aromatic amines is 1. The molecule has 0 saturated heterocycles. The minimum Gasteiger partial charge on any atom is -0.360 e. The highest BCUT2D eigenvalue weighted by Crippen LogP contribution is 2.25. The summed E-state index contributed by atoms with van der Waals surface area (Å²) in [7, 11) is 0. The second kappa shape index (κ2) is 6.70. The van der Waals surface area contributed by atoms with E-state index in [1.54, 1.807) is 6.20 Å². The third kappa shape index (κ3) is 3.28. The van der Waals surface area contributed by atoms with E-state index in [1.807, 2.05) is 13.1 Å².